The number of hydrogen-bond acceptors (Lipinski definition) is 3. The van der Waals surface area contributed by atoms with Gasteiger partial charge in [-0.3, -0.25) is 0 Å². The number of ether oxygens (including phenoxy) is 1. The highest BCUT2D eigenvalue weighted by molar-refractivity contribution is 5.87. The minimum Gasteiger partial charge on any atom is -0.491 e. The molecule has 5 heteroatoms. The Labute approximate surface area is 124 Å². The van der Waals surface area contributed by atoms with Gasteiger partial charge in [0.1, 0.15) is 5.75 Å². The first kappa shape index (κ1) is 18.7. The van der Waals surface area contributed by atoms with Crippen LogP contribution in [0.2, 0.25) is 0 Å². The molecule has 0 saturated carbocycles. The van der Waals surface area contributed by atoms with E-state index in [-0.39, 0.29) is 11.7 Å². The van der Waals surface area contributed by atoms with Gasteiger partial charge in [0.05, 0.1) is 11.7 Å². The average Bonchev–Trinajstić information content (AvgIpc) is 2.38. The number of carboxylic acids is 2. The molecule has 0 radical (unpaired) electrons. The SMILES string of the molecule is C=CC(=O)O.CC(C)CC(C)Oc1ccc(C(=O)O)cc1. The van der Waals surface area contributed by atoms with E-state index in [1.807, 2.05) is 6.92 Å². The predicted molar refractivity (Wildman–Crippen MR) is 80.8 cm³/mol. The topological polar surface area (TPSA) is 83.8 Å². The van der Waals surface area contributed by atoms with Gasteiger partial charge in [-0.05, 0) is 43.5 Å². The van der Waals surface area contributed by atoms with E-state index >= 15 is 0 Å². The molecule has 116 valence electrons. The summed E-state index contributed by atoms with van der Waals surface area (Å²) >= 11 is 0. The van der Waals surface area contributed by atoms with E-state index in [1.54, 1.807) is 24.3 Å². The molecule has 0 amide bonds. The van der Waals surface area contributed by atoms with E-state index in [0.29, 0.717) is 5.92 Å². The zero-order valence-corrected chi connectivity index (χ0v) is 12.6. The molecule has 0 aromatic heterocycles. The Morgan fingerprint density at radius 3 is 2.00 bits per heavy atom. The Kier molecular flexibility index (Phi) is 8.53. The molecule has 2 N–H and O–H groups in total. The molecule has 0 aliphatic rings. The van der Waals surface area contributed by atoms with Crippen molar-refractivity contribution in [2.24, 2.45) is 5.92 Å². The van der Waals surface area contributed by atoms with Gasteiger partial charge in [0.15, 0.2) is 0 Å². The van der Waals surface area contributed by atoms with E-state index in [2.05, 4.69) is 20.4 Å². The molecule has 0 aliphatic carbocycles. The van der Waals surface area contributed by atoms with Gasteiger partial charge >= 0.3 is 11.9 Å². The average molecular weight is 294 g/mol. The molecule has 0 bridgehead atoms. The van der Waals surface area contributed by atoms with Crippen LogP contribution in [-0.2, 0) is 4.79 Å². The van der Waals surface area contributed by atoms with Crippen molar-refractivity contribution < 1.29 is 24.5 Å². The van der Waals surface area contributed by atoms with Crippen molar-refractivity contribution in [3.63, 3.8) is 0 Å². The Morgan fingerprint density at radius 2 is 1.67 bits per heavy atom. The van der Waals surface area contributed by atoms with E-state index in [0.717, 1.165) is 18.2 Å². The lowest BCUT2D eigenvalue weighted by Crippen LogP contribution is -2.14. The molecule has 1 aromatic carbocycles. The fourth-order valence-electron chi connectivity index (χ4n) is 1.62. The summed E-state index contributed by atoms with van der Waals surface area (Å²) in [6, 6.07) is 6.50. The second-order valence-electron chi connectivity index (χ2n) is 4.93. The van der Waals surface area contributed by atoms with Crippen molar-refractivity contribution in [1.82, 2.24) is 0 Å². The zero-order chi connectivity index (χ0) is 16.4. The summed E-state index contributed by atoms with van der Waals surface area (Å²) in [5, 5.41) is 16.3. The van der Waals surface area contributed by atoms with Gasteiger partial charge < -0.3 is 14.9 Å². The Balaban J connectivity index is 0.000000690. The molecular formula is C16H22O5. The molecule has 21 heavy (non-hydrogen) atoms. The molecule has 1 rings (SSSR count). The van der Waals surface area contributed by atoms with Gasteiger partial charge in [0.2, 0.25) is 0 Å². The quantitative estimate of drug-likeness (QED) is 0.785. The smallest absolute Gasteiger partial charge is 0.335 e. The van der Waals surface area contributed by atoms with Crippen LogP contribution in [0.1, 0.15) is 37.6 Å². The van der Waals surface area contributed by atoms with Crippen LogP contribution in [-0.4, -0.2) is 28.3 Å². The Hall–Kier alpha value is -2.30. The summed E-state index contributed by atoms with van der Waals surface area (Å²) in [6.07, 6.45) is 1.97. The van der Waals surface area contributed by atoms with E-state index < -0.39 is 11.9 Å². The van der Waals surface area contributed by atoms with Crippen molar-refractivity contribution in [3.05, 3.63) is 42.5 Å². The van der Waals surface area contributed by atoms with Gasteiger partial charge in [-0.2, -0.15) is 0 Å². The second kappa shape index (κ2) is 9.58. The third-order valence-corrected chi connectivity index (χ3v) is 2.42. The highest BCUT2D eigenvalue weighted by Crippen LogP contribution is 2.16. The first-order chi connectivity index (χ1) is 9.76. The van der Waals surface area contributed by atoms with Crippen LogP contribution in [0.15, 0.2) is 36.9 Å². The van der Waals surface area contributed by atoms with Crippen molar-refractivity contribution in [1.29, 1.82) is 0 Å². The van der Waals surface area contributed by atoms with Crippen molar-refractivity contribution in [3.8, 4) is 5.75 Å². The number of carbonyl (C=O) groups is 2. The van der Waals surface area contributed by atoms with E-state index in [9.17, 15) is 9.59 Å². The maximum absolute atomic E-state index is 10.6. The minimum atomic E-state index is -0.981. The van der Waals surface area contributed by atoms with E-state index in [4.69, 9.17) is 14.9 Å². The first-order valence-electron chi connectivity index (χ1n) is 6.61. The fraction of sp³-hybridized carbons (Fsp3) is 0.375. The molecular weight excluding hydrogens is 272 g/mol. The Bertz CT molecular complexity index is 462. The number of aliphatic carboxylic acids is 1. The normalized spacial score (nSPS) is 11.0. The van der Waals surface area contributed by atoms with Crippen LogP contribution in [0.4, 0.5) is 0 Å². The van der Waals surface area contributed by atoms with Crippen molar-refractivity contribution in [2.75, 3.05) is 0 Å². The number of aromatic carboxylic acids is 1. The molecule has 1 unspecified atom stereocenters. The van der Waals surface area contributed by atoms with Crippen LogP contribution < -0.4 is 4.74 Å². The van der Waals surface area contributed by atoms with Gasteiger partial charge in [-0.1, -0.05) is 20.4 Å². The highest BCUT2D eigenvalue weighted by Gasteiger charge is 2.07. The van der Waals surface area contributed by atoms with Gasteiger partial charge in [-0.25, -0.2) is 9.59 Å². The summed E-state index contributed by atoms with van der Waals surface area (Å²) in [6.45, 7) is 9.27. The summed E-state index contributed by atoms with van der Waals surface area (Å²) in [5.41, 5.74) is 0.281. The van der Waals surface area contributed by atoms with Crippen LogP contribution in [0.25, 0.3) is 0 Å². The van der Waals surface area contributed by atoms with Gasteiger partial charge in [0.25, 0.3) is 0 Å². The van der Waals surface area contributed by atoms with Crippen LogP contribution in [0, 0.1) is 5.92 Å². The molecule has 0 fully saturated rings. The zero-order valence-electron chi connectivity index (χ0n) is 12.6. The van der Waals surface area contributed by atoms with Gasteiger partial charge in [-0.15, -0.1) is 0 Å². The maximum atomic E-state index is 10.6. The van der Waals surface area contributed by atoms with Crippen LogP contribution in [0.3, 0.4) is 0 Å². The van der Waals surface area contributed by atoms with Gasteiger partial charge in [0, 0.05) is 6.08 Å². The van der Waals surface area contributed by atoms with Crippen LogP contribution in [0.5, 0.6) is 5.75 Å². The molecule has 1 atom stereocenters. The number of carboxylic acid groups (broad SMARTS) is 2. The largest absolute Gasteiger partial charge is 0.491 e. The summed E-state index contributed by atoms with van der Waals surface area (Å²) in [4.78, 5) is 19.9. The summed E-state index contributed by atoms with van der Waals surface area (Å²) in [7, 11) is 0. The highest BCUT2D eigenvalue weighted by atomic mass is 16.5. The lowest BCUT2D eigenvalue weighted by atomic mass is 10.1. The van der Waals surface area contributed by atoms with Crippen molar-refractivity contribution in [2.45, 2.75) is 33.3 Å². The molecule has 0 saturated heterocycles. The molecule has 5 nitrogen and oxygen atoms in total. The molecule has 0 heterocycles. The summed E-state index contributed by atoms with van der Waals surface area (Å²) in [5.74, 6) is -0.585. The van der Waals surface area contributed by atoms with Crippen molar-refractivity contribution >= 4 is 11.9 Å². The first-order valence-corrected chi connectivity index (χ1v) is 6.61. The standard InChI is InChI=1S/C13H18O3.C3H4O2/c1-9(2)8-10(3)16-12-6-4-11(5-7-12)13(14)15;1-2-3(4)5/h4-7,9-10H,8H2,1-3H3,(H,14,15);2H,1H2,(H,4,5). The molecule has 0 aliphatic heterocycles. The third kappa shape index (κ3) is 9.27. The Morgan fingerprint density at radius 1 is 1.19 bits per heavy atom. The number of benzene rings is 1. The summed E-state index contributed by atoms with van der Waals surface area (Å²) < 4.78 is 5.67. The second-order valence-corrected chi connectivity index (χ2v) is 4.93. The maximum Gasteiger partial charge on any atom is 0.335 e. The number of hydrogen-bond donors (Lipinski definition) is 2. The fourth-order valence-corrected chi connectivity index (χ4v) is 1.62. The number of rotatable bonds is 6. The minimum absolute atomic E-state index is 0.149. The van der Waals surface area contributed by atoms with Crippen LogP contribution >= 0.6 is 0 Å². The lowest BCUT2D eigenvalue weighted by molar-refractivity contribution is -0.131. The monoisotopic (exact) mass is 294 g/mol. The predicted octanol–water partition coefficient (Wildman–Crippen LogP) is 3.46. The molecule has 1 aromatic rings. The molecule has 0 spiro atoms. The third-order valence-electron chi connectivity index (χ3n) is 2.42. The lowest BCUT2D eigenvalue weighted by Gasteiger charge is -2.16. The van der Waals surface area contributed by atoms with E-state index in [1.165, 1.54) is 0 Å².